The van der Waals surface area contributed by atoms with Crippen molar-refractivity contribution in [1.29, 1.82) is 0 Å². The zero-order valence-corrected chi connectivity index (χ0v) is 11.4. The van der Waals surface area contributed by atoms with E-state index in [1.807, 2.05) is 0 Å². The SMILES string of the molecule is O=C(COc1ccc(Cl)cc1)c1ccccc1C(F)(F)F. The highest BCUT2D eigenvalue weighted by molar-refractivity contribution is 6.30. The number of Topliss-reactive ketones (excluding diaryl/α,β-unsaturated/α-hetero) is 1. The molecule has 0 spiro atoms. The highest BCUT2D eigenvalue weighted by atomic mass is 35.5. The number of alkyl halides is 3. The highest BCUT2D eigenvalue weighted by Crippen LogP contribution is 2.32. The van der Waals surface area contributed by atoms with Crippen LogP contribution in [0.3, 0.4) is 0 Å². The van der Waals surface area contributed by atoms with Gasteiger partial charge in [-0.2, -0.15) is 13.2 Å². The van der Waals surface area contributed by atoms with E-state index in [-0.39, 0.29) is 0 Å². The van der Waals surface area contributed by atoms with E-state index in [1.54, 1.807) is 12.1 Å². The van der Waals surface area contributed by atoms with Crippen LogP contribution in [0.15, 0.2) is 48.5 Å². The molecule has 0 heterocycles. The van der Waals surface area contributed by atoms with Gasteiger partial charge in [-0.15, -0.1) is 0 Å². The predicted octanol–water partition coefficient (Wildman–Crippen LogP) is 4.62. The summed E-state index contributed by atoms with van der Waals surface area (Å²) in [6, 6.07) is 10.8. The third-order valence-electron chi connectivity index (χ3n) is 2.72. The maximum atomic E-state index is 12.8. The van der Waals surface area contributed by atoms with Gasteiger partial charge in [0.05, 0.1) is 5.56 Å². The van der Waals surface area contributed by atoms with E-state index in [2.05, 4.69) is 0 Å². The predicted molar refractivity (Wildman–Crippen MR) is 72.7 cm³/mol. The Labute approximate surface area is 124 Å². The van der Waals surface area contributed by atoms with E-state index in [9.17, 15) is 18.0 Å². The summed E-state index contributed by atoms with van der Waals surface area (Å²) in [5.74, 6) is -0.380. The molecule has 0 radical (unpaired) electrons. The first-order chi connectivity index (χ1) is 9.88. The molecule has 2 aromatic carbocycles. The summed E-state index contributed by atoms with van der Waals surface area (Å²) < 4.78 is 43.6. The lowest BCUT2D eigenvalue weighted by Gasteiger charge is -2.12. The fourth-order valence-electron chi connectivity index (χ4n) is 1.73. The van der Waals surface area contributed by atoms with Crippen molar-refractivity contribution in [2.75, 3.05) is 6.61 Å². The third-order valence-corrected chi connectivity index (χ3v) is 2.97. The number of ether oxygens (including phenoxy) is 1. The van der Waals surface area contributed by atoms with Gasteiger partial charge in [0.15, 0.2) is 6.61 Å². The van der Waals surface area contributed by atoms with Crippen molar-refractivity contribution in [1.82, 2.24) is 0 Å². The van der Waals surface area contributed by atoms with Crippen LogP contribution in [0.4, 0.5) is 13.2 Å². The molecule has 21 heavy (non-hydrogen) atoms. The number of benzene rings is 2. The van der Waals surface area contributed by atoms with E-state index in [4.69, 9.17) is 16.3 Å². The van der Waals surface area contributed by atoms with E-state index in [0.29, 0.717) is 10.8 Å². The quantitative estimate of drug-likeness (QED) is 0.770. The molecule has 0 aliphatic carbocycles. The first-order valence-electron chi connectivity index (χ1n) is 5.96. The van der Waals surface area contributed by atoms with Crippen LogP contribution in [0.2, 0.25) is 5.02 Å². The van der Waals surface area contributed by atoms with Gasteiger partial charge in [0.25, 0.3) is 0 Å². The number of ketones is 1. The van der Waals surface area contributed by atoms with Crippen LogP contribution >= 0.6 is 11.6 Å². The highest BCUT2D eigenvalue weighted by Gasteiger charge is 2.34. The Morgan fingerprint density at radius 3 is 2.29 bits per heavy atom. The largest absolute Gasteiger partial charge is 0.485 e. The number of carbonyl (C=O) groups is 1. The van der Waals surface area contributed by atoms with Gasteiger partial charge in [-0.3, -0.25) is 4.79 Å². The van der Waals surface area contributed by atoms with Gasteiger partial charge in [-0.1, -0.05) is 29.8 Å². The van der Waals surface area contributed by atoms with Gasteiger partial charge in [0.1, 0.15) is 5.75 Å². The zero-order valence-electron chi connectivity index (χ0n) is 10.7. The number of carbonyl (C=O) groups excluding carboxylic acids is 1. The molecule has 0 bridgehead atoms. The third kappa shape index (κ3) is 3.98. The molecule has 0 N–H and O–H groups in total. The van der Waals surface area contributed by atoms with Crippen molar-refractivity contribution < 1.29 is 22.7 Å². The molecule has 0 atom stereocenters. The van der Waals surface area contributed by atoms with Crippen LogP contribution in [-0.2, 0) is 6.18 Å². The Morgan fingerprint density at radius 2 is 1.67 bits per heavy atom. The van der Waals surface area contributed by atoms with Crippen LogP contribution in [-0.4, -0.2) is 12.4 Å². The van der Waals surface area contributed by atoms with Crippen molar-refractivity contribution in [3.8, 4) is 5.75 Å². The molecule has 0 aliphatic heterocycles. The Balaban J connectivity index is 2.12. The summed E-state index contributed by atoms with van der Waals surface area (Å²) in [4.78, 5) is 11.9. The first kappa shape index (κ1) is 15.4. The summed E-state index contributed by atoms with van der Waals surface area (Å²) in [6.07, 6.45) is -4.58. The van der Waals surface area contributed by atoms with Gasteiger partial charge < -0.3 is 4.74 Å². The molecular formula is C15H10ClF3O2. The molecule has 0 amide bonds. The van der Waals surface area contributed by atoms with Gasteiger partial charge in [0.2, 0.25) is 5.78 Å². The summed E-state index contributed by atoms with van der Waals surface area (Å²) in [6.45, 7) is -0.477. The van der Waals surface area contributed by atoms with E-state index in [0.717, 1.165) is 12.1 Å². The molecule has 110 valence electrons. The smallest absolute Gasteiger partial charge is 0.417 e. The summed E-state index contributed by atoms with van der Waals surface area (Å²) in [5.41, 5.74) is -1.37. The molecule has 0 aliphatic rings. The fourth-order valence-corrected chi connectivity index (χ4v) is 1.86. The summed E-state index contributed by atoms with van der Waals surface area (Å²) >= 11 is 5.69. The second kappa shape index (κ2) is 6.18. The lowest BCUT2D eigenvalue weighted by Crippen LogP contribution is -2.17. The second-order valence-electron chi connectivity index (χ2n) is 4.21. The van der Waals surface area contributed by atoms with Crippen molar-refractivity contribution in [2.24, 2.45) is 0 Å². The Bertz CT molecular complexity index is 636. The summed E-state index contributed by atoms with van der Waals surface area (Å²) in [5, 5.41) is 0.496. The maximum Gasteiger partial charge on any atom is 0.417 e. The lowest BCUT2D eigenvalue weighted by molar-refractivity contribution is -0.137. The van der Waals surface area contributed by atoms with Crippen LogP contribution in [0, 0.1) is 0 Å². The van der Waals surface area contributed by atoms with Crippen molar-refractivity contribution in [2.45, 2.75) is 6.18 Å². The molecular weight excluding hydrogens is 305 g/mol. The molecule has 0 fully saturated rings. The summed E-state index contributed by atoms with van der Waals surface area (Å²) in [7, 11) is 0. The second-order valence-corrected chi connectivity index (χ2v) is 4.65. The van der Waals surface area contributed by atoms with Crippen LogP contribution in [0.1, 0.15) is 15.9 Å². The Kier molecular flexibility index (Phi) is 4.53. The average Bonchev–Trinajstić information content (AvgIpc) is 2.45. The monoisotopic (exact) mass is 314 g/mol. The van der Waals surface area contributed by atoms with Crippen LogP contribution in [0.5, 0.6) is 5.75 Å². The van der Waals surface area contributed by atoms with E-state index >= 15 is 0 Å². The standard InChI is InChI=1S/C15H10ClF3O2/c16-10-5-7-11(8-6-10)21-9-14(20)12-3-1-2-4-13(12)15(17,18)19/h1-8H,9H2. The fraction of sp³-hybridized carbons (Fsp3) is 0.133. The topological polar surface area (TPSA) is 26.3 Å². The van der Waals surface area contributed by atoms with Crippen molar-refractivity contribution in [3.63, 3.8) is 0 Å². The number of hydrogen-bond donors (Lipinski definition) is 0. The van der Waals surface area contributed by atoms with Gasteiger partial charge >= 0.3 is 6.18 Å². The maximum absolute atomic E-state index is 12.8. The van der Waals surface area contributed by atoms with Crippen LogP contribution < -0.4 is 4.74 Å². The molecule has 0 unspecified atom stereocenters. The minimum Gasteiger partial charge on any atom is -0.485 e. The Morgan fingerprint density at radius 1 is 1.05 bits per heavy atom. The van der Waals surface area contributed by atoms with Gasteiger partial charge in [0, 0.05) is 10.6 Å². The minimum absolute atomic E-state index is 0.359. The molecule has 0 aromatic heterocycles. The number of rotatable bonds is 4. The molecule has 6 heteroatoms. The molecule has 2 rings (SSSR count). The normalized spacial score (nSPS) is 11.2. The minimum atomic E-state index is -4.58. The van der Waals surface area contributed by atoms with E-state index < -0.39 is 29.7 Å². The Hall–Kier alpha value is -2.01. The average molecular weight is 315 g/mol. The van der Waals surface area contributed by atoms with Crippen LogP contribution in [0.25, 0.3) is 0 Å². The van der Waals surface area contributed by atoms with Crippen molar-refractivity contribution in [3.05, 3.63) is 64.7 Å². The van der Waals surface area contributed by atoms with Crippen molar-refractivity contribution >= 4 is 17.4 Å². The number of hydrogen-bond acceptors (Lipinski definition) is 2. The molecule has 2 nitrogen and oxygen atoms in total. The number of halogens is 4. The lowest BCUT2D eigenvalue weighted by atomic mass is 10.0. The zero-order chi connectivity index (χ0) is 15.5. The molecule has 0 saturated carbocycles. The first-order valence-corrected chi connectivity index (χ1v) is 6.33. The van der Waals surface area contributed by atoms with E-state index in [1.165, 1.54) is 24.3 Å². The molecule has 0 saturated heterocycles. The van der Waals surface area contributed by atoms with Gasteiger partial charge in [-0.25, -0.2) is 0 Å². The van der Waals surface area contributed by atoms with Gasteiger partial charge in [-0.05, 0) is 30.3 Å². The molecule has 2 aromatic rings.